The lowest BCUT2D eigenvalue weighted by molar-refractivity contribution is -0.0734. The topological polar surface area (TPSA) is 47.3 Å². The third kappa shape index (κ3) is 3.09. The van der Waals surface area contributed by atoms with Gasteiger partial charge in [-0.05, 0) is 46.6 Å². The highest BCUT2D eigenvalue weighted by Gasteiger charge is 2.38. The van der Waals surface area contributed by atoms with Crippen molar-refractivity contribution in [2.24, 2.45) is 5.84 Å². The summed E-state index contributed by atoms with van der Waals surface area (Å²) in [7, 11) is 0. The Morgan fingerprint density at radius 3 is 2.41 bits per heavy atom. The summed E-state index contributed by atoms with van der Waals surface area (Å²) in [5.74, 6) is 5.75. The zero-order chi connectivity index (χ0) is 12.9. The van der Waals surface area contributed by atoms with Crippen LogP contribution in [0.5, 0.6) is 0 Å². The van der Waals surface area contributed by atoms with E-state index in [-0.39, 0.29) is 11.6 Å². The Bertz CT molecular complexity index is 339. The van der Waals surface area contributed by atoms with Crippen molar-refractivity contribution in [2.45, 2.75) is 45.3 Å². The van der Waals surface area contributed by atoms with Crippen molar-refractivity contribution in [1.82, 2.24) is 5.43 Å². The molecule has 1 rings (SSSR count). The lowest BCUT2D eigenvalue weighted by Gasteiger charge is -2.39. The third-order valence-electron chi connectivity index (χ3n) is 3.27. The van der Waals surface area contributed by atoms with Crippen molar-refractivity contribution in [2.75, 3.05) is 6.61 Å². The van der Waals surface area contributed by atoms with E-state index in [0.29, 0.717) is 6.61 Å². The predicted octanol–water partition coefficient (Wildman–Crippen LogP) is 3.61. The molecule has 0 spiro atoms. The first kappa shape index (κ1) is 15.1. The molecule has 0 fully saturated rings. The van der Waals surface area contributed by atoms with Crippen molar-refractivity contribution >= 4 is 27.3 Å². The van der Waals surface area contributed by atoms with Crippen molar-refractivity contribution < 1.29 is 4.74 Å². The zero-order valence-corrected chi connectivity index (χ0v) is 13.0. The van der Waals surface area contributed by atoms with E-state index in [9.17, 15) is 0 Å². The molecule has 1 aromatic heterocycles. The highest BCUT2D eigenvalue weighted by molar-refractivity contribution is 9.10. The van der Waals surface area contributed by atoms with Crippen LogP contribution < -0.4 is 11.3 Å². The highest BCUT2D eigenvalue weighted by Crippen LogP contribution is 2.39. The van der Waals surface area contributed by atoms with E-state index >= 15 is 0 Å². The minimum absolute atomic E-state index is 0.0121. The number of rotatable bonds is 7. The number of hydrogen-bond donors (Lipinski definition) is 2. The van der Waals surface area contributed by atoms with Gasteiger partial charge in [-0.2, -0.15) is 11.3 Å². The van der Waals surface area contributed by atoms with Gasteiger partial charge in [0.2, 0.25) is 0 Å². The van der Waals surface area contributed by atoms with E-state index < -0.39 is 0 Å². The van der Waals surface area contributed by atoms with E-state index in [2.05, 4.69) is 46.0 Å². The first-order valence-electron chi connectivity index (χ1n) is 5.96. The molecule has 3 nitrogen and oxygen atoms in total. The van der Waals surface area contributed by atoms with Gasteiger partial charge in [-0.25, -0.2) is 5.43 Å². The predicted molar refractivity (Wildman–Crippen MR) is 77.0 cm³/mol. The van der Waals surface area contributed by atoms with E-state index in [0.717, 1.165) is 17.3 Å². The second-order valence-corrected chi connectivity index (χ2v) is 5.58. The summed E-state index contributed by atoms with van der Waals surface area (Å²) in [4.78, 5) is 0. The normalized spacial score (nSPS) is 13.9. The van der Waals surface area contributed by atoms with Crippen molar-refractivity contribution in [3.63, 3.8) is 0 Å². The summed E-state index contributed by atoms with van der Waals surface area (Å²) >= 11 is 5.24. The van der Waals surface area contributed by atoms with Crippen LogP contribution in [-0.2, 0) is 4.74 Å². The molecule has 1 heterocycles. The number of halogens is 1. The monoisotopic (exact) mass is 320 g/mol. The third-order valence-corrected chi connectivity index (χ3v) is 5.03. The molecule has 0 aliphatic heterocycles. The fourth-order valence-electron chi connectivity index (χ4n) is 2.26. The van der Waals surface area contributed by atoms with Gasteiger partial charge in [0.15, 0.2) is 0 Å². The molecule has 0 bridgehead atoms. The minimum atomic E-state index is -0.243. The summed E-state index contributed by atoms with van der Waals surface area (Å²) in [5.41, 5.74) is 3.86. The molecular formula is C12H21BrN2OS. The van der Waals surface area contributed by atoms with Crippen LogP contribution in [0, 0.1) is 0 Å². The first-order chi connectivity index (χ1) is 8.15. The molecule has 0 saturated carbocycles. The van der Waals surface area contributed by atoms with Gasteiger partial charge in [-0.3, -0.25) is 5.84 Å². The molecule has 0 radical (unpaired) electrons. The molecule has 1 atom stereocenters. The maximum Gasteiger partial charge on any atom is 0.0884 e. The fourth-order valence-corrected chi connectivity index (χ4v) is 3.81. The minimum Gasteiger partial charge on any atom is -0.373 e. The number of nitrogens with one attached hydrogen (secondary N) is 1. The summed E-state index contributed by atoms with van der Waals surface area (Å²) < 4.78 is 7.09. The number of hydrogen-bond acceptors (Lipinski definition) is 4. The Morgan fingerprint density at radius 1 is 1.41 bits per heavy atom. The van der Waals surface area contributed by atoms with Gasteiger partial charge < -0.3 is 4.74 Å². The fraction of sp³-hybridized carbons (Fsp3) is 0.667. The zero-order valence-electron chi connectivity index (χ0n) is 10.6. The molecule has 0 saturated heterocycles. The lowest BCUT2D eigenvalue weighted by Crippen LogP contribution is -2.48. The van der Waals surface area contributed by atoms with Gasteiger partial charge in [0, 0.05) is 16.5 Å². The van der Waals surface area contributed by atoms with Gasteiger partial charge in [0.25, 0.3) is 0 Å². The molecule has 0 aliphatic carbocycles. The van der Waals surface area contributed by atoms with Crippen LogP contribution in [0.25, 0.3) is 0 Å². The first-order valence-corrected chi connectivity index (χ1v) is 7.70. The Hall–Kier alpha value is 0.0600. The largest absolute Gasteiger partial charge is 0.373 e. The van der Waals surface area contributed by atoms with Gasteiger partial charge in [-0.15, -0.1) is 0 Å². The molecule has 5 heteroatoms. The standard InChI is InChI=1S/C12H21BrN2OS/c1-4-12(5-2,16-6-3)11(15-14)9-7-17-8-10(9)13/h7-8,11,15H,4-6,14H2,1-3H3. The van der Waals surface area contributed by atoms with Gasteiger partial charge in [0.1, 0.15) is 0 Å². The van der Waals surface area contributed by atoms with Crippen LogP contribution in [0.4, 0.5) is 0 Å². The molecule has 3 N–H and O–H groups in total. The summed E-state index contributed by atoms with van der Waals surface area (Å²) in [6, 6.07) is 0.0121. The van der Waals surface area contributed by atoms with Gasteiger partial charge in [0.05, 0.1) is 11.6 Å². The molecular weight excluding hydrogens is 300 g/mol. The number of thiophene rings is 1. The van der Waals surface area contributed by atoms with E-state index in [1.165, 1.54) is 5.56 Å². The van der Waals surface area contributed by atoms with Crippen LogP contribution >= 0.6 is 27.3 Å². The maximum atomic E-state index is 6.00. The smallest absolute Gasteiger partial charge is 0.0884 e. The van der Waals surface area contributed by atoms with E-state index in [4.69, 9.17) is 10.6 Å². The summed E-state index contributed by atoms with van der Waals surface area (Å²) in [5, 5.41) is 4.19. The van der Waals surface area contributed by atoms with Gasteiger partial charge >= 0.3 is 0 Å². The Balaban J connectivity index is 3.09. The number of nitrogens with two attached hydrogens (primary N) is 1. The molecule has 0 aromatic carbocycles. The second-order valence-electron chi connectivity index (χ2n) is 3.98. The summed E-state index contributed by atoms with van der Waals surface area (Å²) in [6.45, 7) is 7.01. The van der Waals surface area contributed by atoms with Crippen molar-refractivity contribution in [3.05, 3.63) is 20.8 Å². The Labute approximate surface area is 116 Å². The summed E-state index contributed by atoms with van der Waals surface area (Å²) in [6.07, 6.45) is 1.85. The number of hydrazine groups is 1. The number of ether oxygens (including phenoxy) is 1. The van der Waals surface area contributed by atoms with Crippen LogP contribution in [0.3, 0.4) is 0 Å². The molecule has 1 aromatic rings. The second kappa shape index (κ2) is 6.85. The SMILES string of the molecule is CCOC(CC)(CC)C(NN)c1cscc1Br. The molecule has 0 aliphatic rings. The molecule has 0 amide bonds. The Kier molecular flexibility index (Phi) is 6.09. The molecule has 17 heavy (non-hydrogen) atoms. The maximum absolute atomic E-state index is 6.00. The lowest BCUT2D eigenvalue weighted by atomic mass is 9.85. The van der Waals surface area contributed by atoms with E-state index in [1.54, 1.807) is 11.3 Å². The van der Waals surface area contributed by atoms with Crippen LogP contribution in [0.1, 0.15) is 45.2 Å². The highest BCUT2D eigenvalue weighted by atomic mass is 79.9. The average molecular weight is 321 g/mol. The Morgan fingerprint density at radius 2 is 2.06 bits per heavy atom. The van der Waals surface area contributed by atoms with Crippen LogP contribution in [0.2, 0.25) is 0 Å². The van der Waals surface area contributed by atoms with E-state index in [1.807, 2.05) is 6.92 Å². The van der Waals surface area contributed by atoms with Crippen LogP contribution in [0.15, 0.2) is 15.2 Å². The van der Waals surface area contributed by atoms with Crippen molar-refractivity contribution in [1.29, 1.82) is 0 Å². The van der Waals surface area contributed by atoms with Crippen molar-refractivity contribution in [3.8, 4) is 0 Å². The molecule has 98 valence electrons. The quantitative estimate of drug-likeness (QED) is 0.596. The average Bonchev–Trinajstić information content (AvgIpc) is 2.75. The van der Waals surface area contributed by atoms with Gasteiger partial charge in [-0.1, -0.05) is 13.8 Å². The van der Waals surface area contributed by atoms with Crippen LogP contribution in [-0.4, -0.2) is 12.2 Å². The molecule has 1 unspecified atom stereocenters.